The van der Waals surface area contributed by atoms with Gasteiger partial charge in [0.1, 0.15) is 0 Å². The summed E-state index contributed by atoms with van der Waals surface area (Å²) in [5.41, 5.74) is 2.84. The highest BCUT2D eigenvalue weighted by Crippen LogP contribution is 2.28. The predicted octanol–water partition coefficient (Wildman–Crippen LogP) is 0.888. The Morgan fingerprint density at radius 1 is 1.20 bits per heavy atom. The first-order valence-electron chi connectivity index (χ1n) is 6.87. The summed E-state index contributed by atoms with van der Waals surface area (Å²) in [6.07, 6.45) is 0. The Hall–Kier alpha value is -1.72. The Kier molecular flexibility index (Phi) is 3.31. The molecule has 0 radical (unpaired) electrons. The van der Waals surface area contributed by atoms with Crippen molar-refractivity contribution in [3.63, 3.8) is 0 Å². The van der Waals surface area contributed by atoms with E-state index in [1.54, 1.807) is 0 Å². The van der Waals surface area contributed by atoms with Crippen LogP contribution < -0.4 is 5.32 Å². The average molecular weight is 274 g/mol. The molecule has 1 saturated heterocycles. The Bertz CT molecular complexity index is 536. The highest BCUT2D eigenvalue weighted by molar-refractivity contribution is 6.22. The van der Waals surface area contributed by atoms with Crippen molar-refractivity contribution in [2.24, 2.45) is 0 Å². The van der Waals surface area contributed by atoms with E-state index in [1.807, 2.05) is 26.0 Å². The quantitative estimate of drug-likeness (QED) is 0.814. The number of nitrogens with one attached hydrogen (secondary N) is 1. The van der Waals surface area contributed by atoms with E-state index in [1.165, 1.54) is 4.90 Å². The first-order chi connectivity index (χ1) is 9.59. The molecule has 5 heteroatoms. The summed E-state index contributed by atoms with van der Waals surface area (Å²) in [6, 6.07) is 3.81. The third-order valence-electron chi connectivity index (χ3n) is 3.94. The Balaban J connectivity index is 1.89. The summed E-state index contributed by atoms with van der Waals surface area (Å²) >= 11 is 0. The fourth-order valence-electron chi connectivity index (χ4n) is 2.85. The van der Waals surface area contributed by atoms with E-state index >= 15 is 0 Å². The van der Waals surface area contributed by atoms with Gasteiger partial charge in [0.15, 0.2) is 0 Å². The lowest BCUT2D eigenvalue weighted by atomic mass is 9.99. The number of fused-ring (bicyclic) bond motifs is 1. The van der Waals surface area contributed by atoms with Crippen LogP contribution in [0.25, 0.3) is 0 Å². The molecule has 1 atom stereocenters. The number of hydrogen-bond donors (Lipinski definition) is 1. The summed E-state index contributed by atoms with van der Waals surface area (Å²) in [7, 11) is 0. The number of rotatable bonds is 2. The second kappa shape index (κ2) is 5.00. The first kappa shape index (κ1) is 13.3. The first-order valence-corrected chi connectivity index (χ1v) is 6.87. The van der Waals surface area contributed by atoms with Gasteiger partial charge in [-0.3, -0.25) is 14.5 Å². The maximum absolute atomic E-state index is 12.5. The number of benzene rings is 1. The van der Waals surface area contributed by atoms with Crippen LogP contribution in [-0.4, -0.2) is 49.1 Å². The molecule has 0 bridgehead atoms. The Labute approximate surface area is 117 Å². The maximum Gasteiger partial charge on any atom is 0.261 e. The van der Waals surface area contributed by atoms with Crippen LogP contribution in [0.15, 0.2) is 12.1 Å². The molecule has 1 aromatic carbocycles. The molecule has 3 rings (SSSR count). The molecule has 0 saturated carbocycles. The van der Waals surface area contributed by atoms with E-state index in [-0.39, 0.29) is 17.9 Å². The molecule has 2 heterocycles. The highest BCUT2D eigenvalue weighted by Gasteiger charge is 2.39. The second-order valence-electron chi connectivity index (χ2n) is 5.40. The Morgan fingerprint density at radius 2 is 1.80 bits per heavy atom. The van der Waals surface area contributed by atoms with E-state index in [0.29, 0.717) is 30.9 Å². The molecule has 5 nitrogen and oxygen atoms in total. The van der Waals surface area contributed by atoms with Crippen molar-refractivity contribution in [2.45, 2.75) is 19.9 Å². The smallest absolute Gasteiger partial charge is 0.261 e. The minimum atomic E-state index is -0.182. The lowest BCUT2D eigenvalue weighted by Gasteiger charge is -2.27. The van der Waals surface area contributed by atoms with Crippen LogP contribution in [0.2, 0.25) is 0 Å². The molecule has 20 heavy (non-hydrogen) atoms. The minimum absolute atomic E-state index is 0.0200. The van der Waals surface area contributed by atoms with Gasteiger partial charge in [0.05, 0.1) is 24.3 Å². The third-order valence-corrected chi connectivity index (χ3v) is 3.94. The molecular formula is C15H18N2O3. The van der Waals surface area contributed by atoms with Crippen LogP contribution in [0.1, 0.15) is 31.8 Å². The van der Waals surface area contributed by atoms with Gasteiger partial charge in [-0.2, -0.15) is 0 Å². The van der Waals surface area contributed by atoms with Gasteiger partial charge in [-0.15, -0.1) is 0 Å². The number of hydrogen-bond acceptors (Lipinski definition) is 4. The van der Waals surface area contributed by atoms with Gasteiger partial charge < -0.3 is 10.1 Å². The fourth-order valence-corrected chi connectivity index (χ4v) is 2.85. The summed E-state index contributed by atoms with van der Waals surface area (Å²) < 4.78 is 5.38. The van der Waals surface area contributed by atoms with Gasteiger partial charge in [-0.05, 0) is 25.0 Å². The number of amides is 2. The predicted molar refractivity (Wildman–Crippen MR) is 73.9 cm³/mol. The topological polar surface area (TPSA) is 58.6 Å². The highest BCUT2D eigenvalue weighted by atomic mass is 16.5. The monoisotopic (exact) mass is 274 g/mol. The van der Waals surface area contributed by atoms with Crippen LogP contribution in [0.4, 0.5) is 0 Å². The van der Waals surface area contributed by atoms with E-state index in [9.17, 15) is 9.59 Å². The maximum atomic E-state index is 12.5. The molecule has 1 aromatic rings. The van der Waals surface area contributed by atoms with Crippen molar-refractivity contribution in [1.29, 1.82) is 0 Å². The molecule has 1 unspecified atom stereocenters. The molecule has 0 aliphatic carbocycles. The van der Waals surface area contributed by atoms with Crippen LogP contribution in [0.5, 0.6) is 0 Å². The third kappa shape index (κ3) is 2.03. The van der Waals surface area contributed by atoms with Gasteiger partial charge in [0.2, 0.25) is 0 Å². The van der Waals surface area contributed by atoms with Crippen molar-refractivity contribution in [3.05, 3.63) is 34.4 Å². The van der Waals surface area contributed by atoms with E-state index < -0.39 is 0 Å². The van der Waals surface area contributed by atoms with Crippen molar-refractivity contribution < 1.29 is 14.3 Å². The molecular weight excluding hydrogens is 256 g/mol. The number of imide groups is 1. The van der Waals surface area contributed by atoms with Gasteiger partial charge in [0.25, 0.3) is 11.8 Å². The van der Waals surface area contributed by atoms with E-state index in [4.69, 9.17) is 4.74 Å². The number of carbonyl (C=O) groups is 2. The summed E-state index contributed by atoms with van der Waals surface area (Å²) in [6.45, 7) is 6.07. The number of carbonyl (C=O) groups excluding carboxylic acids is 2. The van der Waals surface area contributed by atoms with Gasteiger partial charge in [0, 0.05) is 19.1 Å². The summed E-state index contributed by atoms with van der Waals surface area (Å²) in [5.74, 6) is -0.364. The zero-order valence-corrected chi connectivity index (χ0v) is 11.7. The number of aryl methyl sites for hydroxylation is 2. The average Bonchev–Trinajstić information content (AvgIpc) is 2.70. The zero-order chi connectivity index (χ0) is 14.3. The molecule has 2 aliphatic heterocycles. The molecule has 1 N–H and O–H groups in total. The lowest BCUT2D eigenvalue weighted by molar-refractivity contribution is 0.0485. The van der Waals surface area contributed by atoms with Crippen LogP contribution in [-0.2, 0) is 4.74 Å². The van der Waals surface area contributed by atoms with Crippen LogP contribution in [0.3, 0.4) is 0 Å². The van der Waals surface area contributed by atoms with Gasteiger partial charge in [-0.1, -0.05) is 12.1 Å². The van der Waals surface area contributed by atoms with Gasteiger partial charge >= 0.3 is 0 Å². The number of ether oxygens (including phenoxy) is 1. The standard InChI is InChI=1S/C15H18N2O3/c1-9-3-4-10(2)13-12(9)14(18)17(15(13)19)7-11-8-20-6-5-16-11/h3-4,11,16H,5-8H2,1-2H3. The van der Waals surface area contributed by atoms with E-state index in [2.05, 4.69) is 5.32 Å². The zero-order valence-electron chi connectivity index (χ0n) is 11.7. The molecule has 106 valence electrons. The molecule has 2 amide bonds. The SMILES string of the molecule is Cc1ccc(C)c2c1C(=O)N(CC1COCCN1)C2=O. The second-order valence-corrected chi connectivity index (χ2v) is 5.40. The normalized spacial score (nSPS) is 22.3. The van der Waals surface area contributed by atoms with Crippen LogP contribution >= 0.6 is 0 Å². The molecule has 1 fully saturated rings. The van der Waals surface area contributed by atoms with Crippen LogP contribution in [0, 0.1) is 13.8 Å². The van der Waals surface area contributed by atoms with Crippen molar-refractivity contribution in [1.82, 2.24) is 10.2 Å². The molecule has 0 aromatic heterocycles. The number of nitrogens with zero attached hydrogens (tertiary/aromatic N) is 1. The largest absolute Gasteiger partial charge is 0.378 e. The summed E-state index contributed by atoms with van der Waals surface area (Å²) in [5, 5.41) is 3.27. The summed E-state index contributed by atoms with van der Waals surface area (Å²) in [4.78, 5) is 26.3. The molecule has 2 aliphatic rings. The van der Waals surface area contributed by atoms with Crippen molar-refractivity contribution >= 4 is 11.8 Å². The van der Waals surface area contributed by atoms with Crippen molar-refractivity contribution in [3.8, 4) is 0 Å². The van der Waals surface area contributed by atoms with Gasteiger partial charge in [-0.25, -0.2) is 0 Å². The molecule has 0 spiro atoms. The minimum Gasteiger partial charge on any atom is -0.378 e. The fraction of sp³-hybridized carbons (Fsp3) is 0.467. The number of morpholine rings is 1. The van der Waals surface area contributed by atoms with E-state index in [0.717, 1.165) is 17.7 Å². The van der Waals surface area contributed by atoms with Crippen molar-refractivity contribution in [2.75, 3.05) is 26.3 Å². The Morgan fingerprint density at radius 3 is 2.30 bits per heavy atom. The lowest BCUT2D eigenvalue weighted by Crippen LogP contribution is -2.49.